The predicted molar refractivity (Wildman–Crippen MR) is 69.0 cm³/mol. The van der Waals surface area contributed by atoms with Gasteiger partial charge in [0.1, 0.15) is 23.4 Å². The highest BCUT2D eigenvalue weighted by molar-refractivity contribution is 5.97. The van der Waals surface area contributed by atoms with Gasteiger partial charge in [0.05, 0.1) is 0 Å². The average Bonchev–Trinajstić information content (AvgIpc) is 2.77. The number of benzene rings is 1. The molecule has 88 valence electrons. The Bertz CT molecular complexity index is 514. The molecule has 0 aliphatic carbocycles. The molecule has 3 nitrogen and oxygen atoms in total. The van der Waals surface area contributed by atoms with E-state index in [0.29, 0.717) is 5.84 Å². The minimum Gasteiger partial charge on any atom is -0.464 e. The Morgan fingerprint density at radius 3 is 2.47 bits per heavy atom. The normalized spacial score (nSPS) is 13.6. The van der Waals surface area contributed by atoms with E-state index < -0.39 is 0 Å². The molecule has 0 bridgehead atoms. The Morgan fingerprint density at radius 1 is 1.18 bits per heavy atom. The fraction of sp³-hybridized carbons (Fsp3) is 0.214. The second kappa shape index (κ2) is 4.87. The fourth-order valence-electron chi connectivity index (χ4n) is 1.63. The molecule has 0 aliphatic rings. The molecule has 2 rings (SSSR count). The molecule has 0 amide bonds. The van der Waals surface area contributed by atoms with Crippen LogP contribution in [0.5, 0.6) is 0 Å². The van der Waals surface area contributed by atoms with Crippen LogP contribution in [0.4, 0.5) is 0 Å². The van der Waals surface area contributed by atoms with Crippen molar-refractivity contribution in [2.45, 2.75) is 19.9 Å². The first-order valence-corrected chi connectivity index (χ1v) is 5.62. The summed E-state index contributed by atoms with van der Waals surface area (Å²) in [7, 11) is 0. The zero-order chi connectivity index (χ0) is 12.3. The Kier molecular flexibility index (Phi) is 3.28. The summed E-state index contributed by atoms with van der Waals surface area (Å²) in [6.07, 6.45) is 0. The third-order valence-corrected chi connectivity index (χ3v) is 2.58. The number of rotatable bonds is 3. The van der Waals surface area contributed by atoms with Gasteiger partial charge in [-0.05, 0) is 26.0 Å². The quantitative estimate of drug-likeness (QED) is 0.648. The van der Waals surface area contributed by atoms with Crippen molar-refractivity contribution >= 4 is 5.84 Å². The van der Waals surface area contributed by atoms with Gasteiger partial charge >= 0.3 is 0 Å². The zero-order valence-electron chi connectivity index (χ0n) is 10.1. The van der Waals surface area contributed by atoms with Crippen LogP contribution in [0.15, 0.2) is 51.9 Å². The van der Waals surface area contributed by atoms with Crippen molar-refractivity contribution < 1.29 is 4.42 Å². The molecule has 0 saturated carbocycles. The van der Waals surface area contributed by atoms with Crippen molar-refractivity contribution in [3.05, 3.63) is 59.5 Å². The van der Waals surface area contributed by atoms with Gasteiger partial charge < -0.3 is 10.2 Å². The molecule has 2 N–H and O–H groups in total. The maximum Gasteiger partial charge on any atom is 0.128 e. The van der Waals surface area contributed by atoms with Crippen molar-refractivity contribution in [3.8, 4) is 0 Å². The first-order chi connectivity index (χ1) is 8.16. The highest BCUT2D eigenvalue weighted by atomic mass is 16.3. The predicted octanol–water partition coefficient (Wildman–Crippen LogP) is 3.05. The highest BCUT2D eigenvalue weighted by Crippen LogP contribution is 2.19. The lowest BCUT2D eigenvalue weighted by atomic mass is 10.2. The smallest absolute Gasteiger partial charge is 0.128 e. The van der Waals surface area contributed by atoms with Crippen LogP contribution in [0.1, 0.15) is 30.0 Å². The number of amidine groups is 1. The summed E-state index contributed by atoms with van der Waals surface area (Å²) in [6, 6.07) is 13.5. The van der Waals surface area contributed by atoms with Gasteiger partial charge in [-0.2, -0.15) is 0 Å². The molecule has 0 radical (unpaired) electrons. The maximum absolute atomic E-state index is 5.95. The molecule has 1 atom stereocenters. The van der Waals surface area contributed by atoms with Crippen LogP contribution < -0.4 is 5.73 Å². The summed E-state index contributed by atoms with van der Waals surface area (Å²) < 4.78 is 5.52. The number of furan rings is 1. The van der Waals surface area contributed by atoms with Crippen LogP contribution in [0.2, 0.25) is 0 Å². The van der Waals surface area contributed by atoms with E-state index in [1.165, 1.54) is 0 Å². The van der Waals surface area contributed by atoms with E-state index in [9.17, 15) is 0 Å². The first kappa shape index (κ1) is 11.5. The van der Waals surface area contributed by atoms with Crippen LogP contribution >= 0.6 is 0 Å². The number of hydrogen-bond acceptors (Lipinski definition) is 2. The third-order valence-electron chi connectivity index (χ3n) is 2.58. The fourth-order valence-corrected chi connectivity index (χ4v) is 1.63. The summed E-state index contributed by atoms with van der Waals surface area (Å²) in [5.74, 6) is 2.26. The molecule has 1 aromatic carbocycles. The minimum absolute atomic E-state index is 0.0658. The SMILES string of the molecule is Cc1ccc(C(C)N=C(N)c2ccccc2)o1. The molecule has 0 aliphatic heterocycles. The van der Waals surface area contributed by atoms with Gasteiger partial charge in [-0.3, -0.25) is 4.99 Å². The lowest BCUT2D eigenvalue weighted by molar-refractivity contribution is 0.458. The van der Waals surface area contributed by atoms with E-state index in [1.807, 2.05) is 56.3 Å². The molecular weight excluding hydrogens is 212 g/mol. The van der Waals surface area contributed by atoms with Gasteiger partial charge in [-0.15, -0.1) is 0 Å². The average molecular weight is 228 g/mol. The van der Waals surface area contributed by atoms with E-state index in [0.717, 1.165) is 17.1 Å². The summed E-state index contributed by atoms with van der Waals surface area (Å²) in [5, 5.41) is 0. The second-order valence-corrected chi connectivity index (χ2v) is 4.00. The summed E-state index contributed by atoms with van der Waals surface area (Å²) >= 11 is 0. The van der Waals surface area contributed by atoms with Crippen LogP contribution in [-0.4, -0.2) is 5.84 Å². The minimum atomic E-state index is -0.0658. The Hall–Kier alpha value is -2.03. The molecule has 0 fully saturated rings. The van der Waals surface area contributed by atoms with Crippen molar-refractivity contribution in [2.24, 2.45) is 10.7 Å². The summed E-state index contributed by atoms with van der Waals surface area (Å²) in [6.45, 7) is 3.88. The summed E-state index contributed by atoms with van der Waals surface area (Å²) in [4.78, 5) is 4.43. The van der Waals surface area contributed by atoms with Crippen LogP contribution in [0, 0.1) is 6.92 Å². The zero-order valence-corrected chi connectivity index (χ0v) is 10.1. The van der Waals surface area contributed by atoms with Gasteiger partial charge in [-0.1, -0.05) is 30.3 Å². The monoisotopic (exact) mass is 228 g/mol. The highest BCUT2D eigenvalue weighted by Gasteiger charge is 2.08. The Morgan fingerprint density at radius 2 is 1.88 bits per heavy atom. The largest absolute Gasteiger partial charge is 0.464 e. The van der Waals surface area contributed by atoms with Gasteiger partial charge in [0.25, 0.3) is 0 Å². The van der Waals surface area contributed by atoms with Crippen molar-refractivity contribution in [2.75, 3.05) is 0 Å². The van der Waals surface area contributed by atoms with Crippen molar-refractivity contribution in [1.29, 1.82) is 0 Å². The molecule has 1 unspecified atom stereocenters. The molecular formula is C14H16N2O. The number of aliphatic imine (C=N–C) groups is 1. The van der Waals surface area contributed by atoms with E-state index in [1.54, 1.807) is 0 Å². The standard InChI is InChI=1S/C14H16N2O/c1-10-8-9-13(17-10)11(2)16-14(15)12-6-4-3-5-7-12/h3-9,11H,1-2H3,(H2,15,16). The lowest BCUT2D eigenvalue weighted by Gasteiger charge is -2.05. The third kappa shape index (κ3) is 2.75. The van der Waals surface area contributed by atoms with E-state index in [4.69, 9.17) is 10.2 Å². The molecule has 0 saturated heterocycles. The molecule has 1 aromatic heterocycles. The van der Waals surface area contributed by atoms with Crippen LogP contribution in [0.3, 0.4) is 0 Å². The molecule has 1 heterocycles. The maximum atomic E-state index is 5.95. The van der Waals surface area contributed by atoms with Gasteiger partial charge in [0.2, 0.25) is 0 Å². The Labute approximate surface area is 101 Å². The molecule has 3 heteroatoms. The Balaban J connectivity index is 2.19. The first-order valence-electron chi connectivity index (χ1n) is 5.62. The molecule has 0 spiro atoms. The molecule has 17 heavy (non-hydrogen) atoms. The van der Waals surface area contributed by atoms with Crippen molar-refractivity contribution in [1.82, 2.24) is 0 Å². The topological polar surface area (TPSA) is 51.5 Å². The number of hydrogen-bond donors (Lipinski definition) is 1. The number of aryl methyl sites for hydroxylation is 1. The second-order valence-electron chi connectivity index (χ2n) is 4.00. The lowest BCUT2D eigenvalue weighted by Crippen LogP contribution is -2.14. The van der Waals surface area contributed by atoms with E-state index in [2.05, 4.69) is 4.99 Å². The number of nitrogens with zero attached hydrogens (tertiary/aromatic N) is 1. The summed E-state index contributed by atoms with van der Waals surface area (Å²) in [5.41, 5.74) is 6.88. The van der Waals surface area contributed by atoms with E-state index >= 15 is 0 Å². The van der Waals surface area contributed by atoms with Crippen LogP contribution in [0.25, 0.3) is 0 Å². The van der Waals surface area contributed by atoms with E-state index in [-0.39, 0.29) is 6.04 Å². The van der Waals surface area contributed by atoms with Gasteiger partial charge in [0, 0.05) is 5.56 Å². The van der Waals surface area contributed by atoms with Gasteiger partial charge in [0.15, 0.2) is 0 Å². The van der Waals surface area contributed by atoms with Crippen molar-refractivity contribution in [3.63, 3.8) is 0 Å². The molecule has 2 aromatic rings. The van der Waals surface area contributed by atoms with Crippen LogP contribution in [-0.2, 0) is 0 Å². The van der Waals surface area contributed by atoms with Gasteiger partial charge in [-0.25, -0.2) is 0 Å². The number of nitrogens with two attached hydrogens (primary N) is 1.